The van der Waals surface area contributed by atoms with E-state index in [0.717, 1.165) is 69.2 Å². The summed E-state index contributed by atoms with van der Waals surface area (Å²) in [5, 5.41) is 36.1. The number of fused-ring (bicyclic) bond motifs is 1. The molecule has 6 aromatic rings. The van der Waals surface area contributed by atoms with Gasteiger partial charge < -0.3 is 30.2 Å². The quantitative estimate of drug-likeness (QED) is 0.115. The first kappa shape index (κ1) is 43.5. The van der Waals surface area contributed by atoms with Crippen LogP contribution in [-0.2, 0) is 14.4 Å². The molecule has 2 fully saturated rings. The highest BCUT2D eigenvalue weighted by molar-refractivity contribution is 7.19. The number of carbonyl (C=O) groups is 2. The number of piperidine rings is 1. The largest absolute Gasteiger partial charge is 0.507 e. The highest BCUT2D eigenvalue weighted by Crippen LogP contribution is 2.42. The Hall–Kier alpha value is -5.74. The molecule has 3 aliphatic rings. The number of β-amino-alcohol motifs (C(OH)–C–C–N with tert-alkyl or cyclic N) is 1. The number of likely N-dealkylation sites (tertiary alicyclic amines) is 1. The van der Waals surface area contributed by atoms with Crippen molar-refractivity contribution in [3.8, 4) is 27.4 Å². The SMILES string of the molecule is Cc1ncsc1-c1ccc([C@H](C)NC(=O)[C@@H]2C[C@@H](O)CN2C(=O)[C@@H](C2=CC(c3ccc(N4CCC(c5sc6nnc(-c7ccccc7O)cc6c5C)CC4)nc3)N(C)O2)C(C)C)cc1. The maximum atomic E-state index is 14.5. The van der Waals surface area contributed by atoms with E-state index in [2.05, 4.69) is 44.5 Å². The third-order valence-corrected chi connectivity index (χ3v) is 15.4. The van der Waals surface area contributed by atoms with Crippen LogP contribution in [-0.4, -0.2) is 91.0 Å². The first-order valence-corrected chi connectivity index (χ1v) is 23.7. The van der Waals surface area contributed by atoms with E-state index < -0.39 is 18.1 Å². The Labute approximate surface area is 381 Å². The van der Waals surface area contributed by atoms with Crippen molar-refractivity contribution in [3.63, 3.8) is 0 Å². The number of hydrogen-bond acceptors (Lipinski definition) is 13. The average molecular weight is 899 g/mol. The zero-order chi connectivity index (χ0) is 44.8. The van der Waals surface area contributed by atoms with Crippen molar-refractivity contribution in [1.82, 2.24) is 35.4 Å². The molecular weight excluding hydrogens is 845 g/mol. The molecule has 0 aliphatic carbocycles. The maximum Gasteiger partial charge on any atom is 0.243 e. The van der Waals surface area contributed by atoms with Crippen LogP contribution in [0, 0.1) is 25.7 Å². The first-order valence-electron chi connectivity index (χ1n) is 22.0. The minimum atomic E-state index is -0.811. The topological polar surface area (TPSA) is 157 Å². The minimum Gasteiger partial charge on any atom is -0.507 e. The molecule has 2 amide bonds. The second kappa shape index (κ2) is 18.0. The fraction of sp³-hybridized carbons (Fsp3) is 0.388. The Bertz CT molecular complexity index is 2690. The van der Waals surface area contributed by atoms with Crippen LogP contribution < -0.4 is 10.2 Å². The Kier molecular flexibility index (Phi) is 12.3. The van der Waals surface area contributed by atoms with E-state index in [0.29, 0.717) is 22.9 Å². The van der Waals surface area contributed by atoms with Crippen molar-refractivity contribution in [2.45, 2.75) is 84.0 Å². The summed E-state index contributed by atoms with van der Waals surface area (Å²) in [6.45, 7) is 11.9. The fourth-order valence-corrected chi connectivity index (χ4v) is 11.6. The van der Waals surface area contributed by atoms with Crippen molar-refractivity contribution in [1.29, 1.82) is 0 Å². The molecule has 15 heteroatoms. The normalized spacial score (nSPS) is 20.4. The van der Waals surface area contributed by atoms with Gasteiger partial charge >= 0.3 is 0 Å². The lowest BCUT2D eigenvalue weighted by Crippen LogP contribution is -2.49. The highest BCUT2D eigenvalue weighted by Gasteiger charge is 2.45. The van der Waals surface area contributed by atoms with Gasteiger partial charge in [-0.15, -0.1) is 37.9 Å². The summed E-state index contributed by atoms with van der Waals surface area (Å²) < 4.78 is 0. The fourth-order valence-electron chi connectivity index (χ4n) is 9.48. The summed E-state index contributed by atoms with van der Waals surface area (Å²) in [6, 6.07) is 20.1. The zero-order valence-corrected chi connectivity index (χ0v) is 38.6. The van der Waals surface area contributed by atoms with Gasteiger partial charge in [0, 0.05) is 55.1 Å². The number of amides is 2. The molecule has 0 radical (unpaired) electrons. The summed E-state index contributed by atoms with van der Waals surface area (Å²) in [5.41, 5.74) is 8.36. The number of aliphatic hydroxyl groups excluding tert-OH is 1. The smallest absolute Gasteiger partial charge is 0.243 e. The van der Waals surface area contributed by atoms with Gasteiger partial charge in [-0.3, -0.25) is 9.59 Å². The molecule has 332 valence electrons. The second-order valence-electron chi connectivity index (χ2n) is 17.7. The lowest BCUT2D eigenvalue weighted by molar-refractivity contribution is -0.148. The van der Waals surface area contributed by atoms with Crippen molar-refractivity contribution in [3.05, 3.63) is 118 Å². The number of likely N-dealkylation sites (N-methyl/N-ethyl adjacent to an activating group) is 1. The molecule has 0 bridgehead atoms. The highest BCUT2D eigenvalue weighted by atomic mass is 32.1. The third-order valence-electron chi connectivity index (χ3n) is 13.1. The van der Waals surface area contributed by atoms with Gasteiger partial charge in [-0.1, -0.05) is 56.3 Å². The molecular formula is C49H54N8O5S2. The van der Waals surface area contributed by atoms with Crippen molar-refractivity contribution in [2.75, 3.05) is 31.6 Å². The van der Waals surface area contributed by atoms with Gasteiger partial charge in [-0.05, 0) is 98.0 Å². The van der Waals surface area contributed by atoms with Crippen molar-refractivity contribution >= 4 is 50.5 Å². The van der Waals surface area contributed by atoms with E-state index in [1.807, 2.05) is 95.0 Å². The molecule has 13 nitrogen and oxygen atoms in total. The van der Waals surface area contributed by atoms with E-state index in [1.54, 1.807) is 39.9 Å². The predicted molar refractivity (Wildman–Crippen MR) is 251 cm³/mol. The Morgan fingerprint density at radius 2 is 1.73 bits per heavy atom. The van der Waals surface area contributed by atoms with Gasteiger partial charge in [0.2, 0.25) is 11.8 Å². The van der Waals surface area contributed by atoms with E-state index in [-0.39, 0.29) is 48.5 Å². The number of anilines is 1. The van der Waals surface area contributed by atoms with Crippen LogP contribution in [0.1, 0.15) is 85.3 Å². The number of phenolic OH excluding ortho intramolecular Hbond substituents is 1. The second-order valence-corrected chi connectivity index (χ2v) is 19.5. The number of hydrogen-bond donors (Lipinski definition) is 3. The summed E-state index contributed by atoms with van der Waals surface area (Å²) in [7, 11) is 1.85. The number of thiophene rings is 1. The number of thiazole rings is 1. The lowest BCUT2D eigenvalue weighted by Gasteiger charge is -2.33. The number of hydroxylamine groups is 2. The van der Waals surface area contributed by atoms with E-state index in [1.165, 1.54) is 15.3 Å². The molecule has 7 heterocycles. The van der Waals surface area contributed by atoms with Gasteiger partial charge in [0.25, 0.3) is 0 Å². The number of aromatic hydroxyl groups is 1. The van der Waals surface area contributed by atoms with Crippen molar-refractivity contribution in [2.24, 2.45) is 11.8 Å². The van der Waals surface area contributed by atoms with Crippen LogP contribution in [0.2, 0.25) is 0 Å². The number of aryl methyl sites for hydroxylation is 2. The van der Waals surface area contributed by atoms with Gasteiger partial charge in [-0.2, -0.15) is 0 Å². The minimum absolute atomic E-state index is 0.0761. The molecule has 0 spiro atoms. The number of aromatic nitrogens is 4. The molecule has 2 saturated heterocycles. The Morgan fingerprint density at radius 3 is 2.42 bits per heavy atom. The number of para-hydroxylation sites is 1. The number of benzene rings is 2. The summed E-state index contributed by atoms with van der Waals surface area (Å²) in [6.07, 6.45) is 5.21. The molecule has 3 aliphatic heterocycles. The standard InChI is InChI=1S/C49H54N8O5S2/c1-27(2)44(49(61)57-25-35(58)21-40(57)47(60)52-29(4)31-11-13-32(14-12-31)46-30(5)51-26-63-46)42-23-39(55(6)62-42)34-15-16-43(50-24-34)56-19-17-33(18-20-56)45-28(3)37-22-38(53-54-48(37)64-45)36-9-7-8-10-41(36)59/h7-16,22-24,26-27,29,33,35,39-40,44,58-59H,17-21,25H2,1-6H3,(H,52,60)/t29-,35+,39?,40-,44+/m0/s1. The zero-order valence-electron chi connectivity index (χ0n) is 36.9. The number of nitrogens with zero attached hydrogens (tertiary/aromatic N) is 7. The van der Waals surface area contributed by atoms with Gasteiger partial charge in [0.05, 0.1) is 40.0 Å². The van der Waals surface area contributed by atoms with E-state index in [4.69, 9.17) is 9.82 Å². The molecule has 3 N–H and O–H groups in total. The predicted octanol–water partition coefficient (Wildman–Crippen LogP) is 8.50. The molecule has 0 saturated carbocycles. The molecule has 4 aromatic heterocycles. The third kappa shape index (κ3) is 8.49. The monoisotopic (exact) mass is 898 g/mol. The van der Waals surface area contributed by atoms with E-state index >= 15 is 0 Å². The Balaban J connectivity index is 0.836. The van der Waals surface area contributed by atoms with Crippen LogP contribution in [0.5, 0.6) is 5.75 Å². The van der Waals surface area contributed by atoms with Crippen molar-refractivity contribution < 1.29 is 24.6 Å². The maximum absolute atomic E-state index is 14.5. The lowest BCUT2D eigenvalue weighted by atomic mass is 9.90. The summed E-state index contributed by atoms with van der Waals surface area (Å²) in [4.78, 5) is 51.1. The number of phenols is 1. The average Bonchev–Trinajstić information content (AvgIpc) is 4.09. The van der Waals surface area contributed by atoms with Crippen LogP contribution in [0.3, 0.4) is 0 Å². The molecule has 5 atom stereocenters. The number of pyridine rings is 1. The number of rotatable bonds is 11. The van der Waals surface area contributed by atoms with Crippen LogP contribution >= 0.6 is 22.7 Å². The Morgan fingerprint density at radius 1 is 0.969 bits per heavy atom. The van der Waals surface area contributed by atoms with E-state index in [9.17, 15) is 19.8 Å². The van der Waals surface area contributed by atoms with Gasteiger partial charge in [-0.25, -0.2) is 9.97 Å². The van der Waals surface area contributed by atoms with Gasteiger partial charge in [0.15, 0.2) is 0 Å². The number of carbonyl (C=O) groups excluding carboxylic acids is 2. The van der Waals surface area contributed by atoms with Crippen LogP contribution in [0.15, 0.2) is 90.3 Å². The van der Waals surface area contributed by atoms with Crippen LogP contribution in [0.25, 0.3) is 31.9 Å². The number of nitrogens with one attached hydrogen (secondary N) is 1. The molecule has 1 unspecified atom stereocenters. The van der Waals surface area contributed by atoms with Gasteiger partial charge in [0.1, 0.15) is 34.1 Å². The summed E-state index contributed by atoms with van der Waals surface area (Å²) >= 11 is 3.32. The molecule has 2 aromatic carbocycles. The molecule has 9 rings (SSSR count). The van der Waals surface area contributed by atoms with Crippen LogP contribution in [0.4, 0.5) is 5.82 Å². The molecule has 64 heavy (non-hydrogen) atoms. The first-order chi connectivity index (χ1) is 30.8. The summed E-state index contributed by atoms with van der Waals surface area (Å²) in [5.74, 6) is 0.727. The number of aliphatic hydroxyl groups is 1.